The van der Waals surface area contributed by atoms with Crippen molar-refractivity contribution in [1.82, 2.24) is 9.78 Å². The lowest BCUT2D eigenvalue weighted by Gasteiger charge is -2.18. The van der Waals surface area contributed by atoms with Crippen LogP contribution in [0.1, 0.15) is 16.8 Å². The first-order valence-corrected chi connectivity index (χ1v) is 8.08. The van der Waals surface area contributed by atoms with Gasteiger partial charge in [-0.2, -0.15) is 5.10 Å². The molecule has 2 N–H and O–H groups in total. The minimum atomic E-state index is -0.512. The molecule has 7 heteroatoms. The van der Waals surface area contributed by atoms with E-state index >= 15 is 0 Å². The van der Waals surface area contributed by atoms with E-state index in [1.807, 2.05) is 6.07 Å². The van der Waals surface area contributed by atoms with Gasteiger partial charge in [0, 0.05) is 30.1 Å². The Kier molecular flexibility index (Phi) is 4.79. The maximum absolute atomic E-state index is 12.5. The van der Waals surface area contributed by atoms with Crippen LogP contribution in [0.5, 0.6) is 0 Å². The number of anilines is 1. The predicted molar refractivity (Wildman–Crippen MR) is 99.0 cm³/mol. The van der Waals surface area contributed by atoms with Gasteiger partial charge in [-0.25, -0.2) is 0 Å². The van der Waals surface area contributed by atoms with Crippen LogP contribution in [0.25, 0.3) is 10.9 Å². The van der Waals surface area contributed by atoms with E-state index in [-0.39, 0.29) is 17.8 Å². The third-order valence-electron chi connectivity index (χ3n) is 4.21. The number of amides is 2. The monoisotopic (exact) mass is 350 g/mol. The predicted octanol–water partition coefficient (Wildman–Crippen LogP) is 1.55. The zero-order valence-corrected chi connectivity index (χ0v) is 14.3. The number of aryl methyl sites for hydroxylation is 1. The fourth-order valence-corrected chi connectivity index (χ4v) is 2.70. The standard InChI is InChI=1S/C19H18N4O3/c1-22(14-8-6-13(7-9-14)19(20)26)18(25)10-11-23-16-5-3-2-4-15(16)17(24)12-21-23/h2-9,12H,10-11H2,1H3,(H2,20,26). The summed E-state index contributed by atoms with van der Waals surface area (Å²) in [7, 11) is 1.67. The minimum Gasteiger partial charge on any atom is -0.366 e. The number of primary amides is 1. The summed E-state index contributed by atoms with van der Waals surface area (Å²) in [6.07, 6.45) is 1.48. The number of aromatic nitrogens is 2. The molecule has 0 unspecified atom stereocenters. The second kappa shape index (κ2) is 7.18. The Morgan fingerprint density at radius 3 is 2.50 bits per heavy atom. The molecule has 2 amide bonds. The summed E-state index contributed by atoms with van der Waals surface area (Å²) in [6, 6.07) is 13.7. The van der Waals surface area contributed by atoms with Crippen molar-refractivity contribution in [3.05, 3.63) is 70.5 Å². The number of carbonyl (C=O) groups is 2. The summed E-state index contributed by atoms with van der Waals surface area (Å²) in [5.41, 5.74) is 6.82. The molecule has 26 heavy (non-hydrogen) atoms. The van der Waals surface area contributed by atoms with Crippen LogP contribution < -0.4 is 16.1 Å². The quantitative estimate of drug-likeness (QED) is 0.755. The molecule has 0 radical (unpaired) electrons. The van der Waals surface area contributed by atoms with Crippen LogP contribution in [0, 0.1) is 0 Å². The van der Waals surface area contributed by atoms with E-state index in [4.69, 9.17) is 5.73 Å². The fraction of sp³-hybridized carbons (Fsp3) is 0.158. The topological polar surface area (TPSA) is 98.3 Å². The molecule has 7 nitrogen and oxygen atoms in total. The molecule has 0 spiro atoms. The van der Waals surface area contributed by atoms with Crippen molar-refractivity contribution in [3.63, 3.8) is 0 Å². The van der Waals surface area contributed by atoms with Gasteiger partial charge in [0.05, 0.1) is 18.3 Å². The van der Waals surface area contributed by atoms with E-state index in [2.05, 4.69) is 5.10 Å². The average Bonchev–Trinajstić information content (AvgIpc) is 2.67. The van der Waals surface area contributed by atoms with Crippen LogP contribution >= 0.6 is 0 Å². The first-order chi connectivity index (χ1) is 12.5. The lowest BCUT2D eigenvalue weighted by molar-refractivity contribution is -0.118. The van der Waals surface area contributed by atoms with E-state index in [1.165, 1.54) is 11.1 Å². The van der Waals surface area contributed by atoms with Gasteiger partial charge in [-0.15, -0.1) is 0 Å². The van der Waals surface area contributed by atoms with Crippen LogP contribution in [0.3, 0.4) is 0 Å². The number of benzene rings is 2. The second-order valence-corrected chi connectivity index (χ2v) is 5.86. The van der Waals surface area contributed by atoms with E-state index in [0.717, 1.165) is 0 Å². The van der Waals surface area contributed by atoms with Gasteiger partial charge in [0.25, 0.3) is 0 Å². The highest BCUT2D eigenvalue weighted by atomic mass is 16.2. The van der Waals surface area contributed by atoms with Crippen molar-refractivity contribution in [1.29, 1.82) is 0 Å². The van der Waals surface area contributed by atoms with Gasteiger partial charge >= 0.3 is 0 Å². The van der Waals surface area contributed by atoms with Gasteiger partial charge < -0.3 is 10.6 Å². The van der Waals surface area contributed by atoms with Crippen LogP contribution in [0.15, 0.2) is 59.5 Å². The van der Waals surface area contributed by atoms with Crippen molar-refractivity contribution in [3.8, 4) is 0 Å². The zero-order chi connectivity index (χ0) is 18.7. The van der Waals surface area contributed by atoms with E-state index in [0.29, 0.717) is 28.7 Å². The SMILES string of the molecule is CN(C(=O)CCn1ncc(=O)c2ccccc21)c1ccc(C(N)=O)cc1. The van der Waals surface area contributed by atoms with Crippen molar-refractivity contribution < 1.29 is 9.59 Å². The highest BCUT2D eigenvalue weighted by Gasteiger charge is 2.13. The second-order valence-electron chi connectivity index (χ2n) is 5.86. The van der Waals surface area contributed by atoms with Gasteiger partial charge in [-0.05, 0) is 36.4 Å². The van der Waals surface area contributed by atoms with Gasteiger partial charge in [0.15, 0.2) is 0 Å². The third-order valence-corrected chi connectivity index (χ3v) is 4.21. The highest BCUT2D eigenvalue weighted by Crippen LogP contribution is 2.15. The molecular weight excluding hydrogens is 332 g/mol. The molecule has 1 aromatic heterocycles. The number of hydrogen-bond donors (Lipinski definition) is 1. The molecule has 1 heterocycles. The Hall–Kier alpha value is -3.48. The smallest absolute Gasteiger partial charge is 0.248 e. The summed E-state index contributed by atoms with van der Waals surface area (Å²) >= 11 is 0. The normalized spacial score (nSPS) is 10.7. The molecule has 0 aliphatic carbocycles. The van der Waals surface area contributed by atoms with Gasteiger partial charge in [-0.1, -0.05) is 12.1 Å². The molecule has 3 rings (SSSR count). The summed E-state index contributed by atoms with van der Waals surface area (Å²) in [5, 5.41) is 4.70. The van der Waals surface area contributed by atoms with Crippen LogP contribution in [0.2, 0.25) is 0 Å². The lowest BCUT2D eigenvalue weighted by Crippen LogP contribution is -2.27. The average molecular weight is 350 g/mol. The van der Waals surface area contributed by atoms with Crippen molar-refractivity contribution in [2.45, 2.75) is 13.0 Å². The van der Waals surface area contributed by atoms with E-state index in [1.54, 1.807) is 54.2 Å². The highest BCUT2D eigenvalue weighted by molar-refractivity contribution is 5.95. The lowest BCUT2D eigenvalue weighted by atomic mass is 10.2. The molecule has 132 valence electrons. The van der Waals surface area contributed by atoms with Gasteiger partial charge in [-0.3, -0.25) is 19.1 Å². The first kappa shape index (κ1) is 17.3. The number of para-hydroxylation sites is 1. The number of rotatable bonds is 5. The Morgan fingerprint density at radius 1 is 1.12 bits per heavy atom. The molecular formula is C19H18N4O3. The number of fused-ring (bicyclic) bond motifs is 1. The minimum absolute atomic E-state index is 0.110. The number of carbonyl (C=O) groups excluding carboxylic acids is 2. The van der Waals surface area contributed by atoms with Gasteiger partial charge in [0.2, 0.25) is 17.2 Å². The van der Waals surface area contributed by atoms with Crippen molar-refractivity contribution in [2.24, 2.45) is 5.73 Å². The Bertz CT molecular complexity index is 1020. The summed E-state index contributed by atoms with van der Waals surface area (Å²) < 4.78 is 1.65. The number of hydrogen-bond acceptors (Lipinski definition) is 4. The summed E-state index contributed by atoms with van der Waals surface area (Å²) in [5.74, 6) is -0.622. The zero-order valence-electron chi connectivity index (χ0n) is 14.3. The Labute approximate surface area is 149 Å². The number of nitrogens with zero attached hydrogens (tertiary/aromatic N) is 3. The molecule has 0 atom stereocenters. The maximum Gasteiger partial charge on any atom is 0.248 e. The molecule has 0 bridgehead atoms. The summed E-state index contributed by atoms with van der Waals surface area (Å²) in [4.78, 5) is 36.9. The van der Waals surface area contributed by atoms with E-state index < -0.39 is 5.91 Å². The summed E-state index contributed by atoms with van der Waals surface area (Å²) in [6.45, 7) is 0.351. The van der Waals surface area contributed by atoms with Gasteiger partial charge in [0.1, 0.15) is 0 Å². The number of nitrogens with two attached hydrogens (primary N) is 1. The molecule has 0 aliphatic rings. The molecule has 0 saturated carbocycles. The maximum atomic E-state index is 12.5. The van der Waals surface area contributed by atoms with Crippen LogP contribution in [-0.4, -0.2) is 28.6 Å². The molecule has 0 saturated heterocycles. The Morgan fingerprint density at radius 2 is 1.81 bits per heavy atom. The molecule has 0 fully saturated rings. The largest absolute Gasteiger partial charge is 0.366 e. The molecule has 2 aromatic carbocycles. The van der Waals surface area contributed by atoms with Crippen LogP contribution in [0.4, 0.5) is 5.69 Å². The first-order valence-electron chi connectivity index (χ1n) is 8.08. The molecule has 0 aliphatic heterocycles. The fourth-order valence-electron chi connectivity index (χ4n) is 2.70. The van der Waals surface area contributed by atoms with Crippen LogP contribution in [-0.2, 0) is 11.3 Å². The Balaban J connectivity index is 1.73. The van der Waals surface area contributed by atoms with E-state index in [9.17, 15) is 14.4 Å². The van der Waals surface area contributed by atoms with Crippen molar-refractivity contribution in [2.75, 3.05) is 11.9 Å². The third kappa shape index (κ3) is 3.46. The molecule has 3 aromatic rings. The van der Waals surface area contributed by atoms with Crippen molar-refractivity contribution >= 4 is 28.4 Å².